The molecule has 0 aliphatic carbocycles. The van der Waals surface area contributed by atoms with Crippen molar-refractivity contribution in [2.75, 3.05) is 18.0 Å². The molecule has 1 aromatic carbocycles. The third-order valence-corrected chi connectivity index (χ3v) is 6.36. The number of hydrogen-bond acceptors (Lipinski definition) is 5. The van der Waals surface area contributed by atoms with Crippen LogP contribution in [-0.4, -0.2) is 36.7 Å². The monoisotopic (exact) mass is 375 g/mol. The minimum Gasteiger partial charge on any atom is -0.352 e. The van der Waals surface area contributed by atoms with Gasteiger partial charge in [0, 0.05) is 24.8 Å². The molecule has 0 atom stereocenters. The van der Waals surface area contributed by atoms with Gasteiger partial charge in [-0.25, -0.2) is 22.8 Å². The number of sulfone groups is 1. The highest BCUT2D eigenvalue weighted by atomic mass is 32.2. The van der Waals surface area contributed by atoms with Crippen LogP contribution in [0.5, 0.6) is 0 Å². The van der Waals surface area contributed by atoms with Gasteiger partial charge in [0.15, 0.2) is 0 Å². The lowest BCUT2D eigenvalue weighted by molar-refractivity contribution is 0.577. The lowest BCUT2D eigenvalue weighted by Crippen LogP contribution is -2.30. The Labute approximate surface area is 153 Å². The summed E-state index contributed by atoms with van der Waals surface area (Å²) in [6, 6.07) is 8.35. The van der Waals surface area contributed by atoms with Crippen LogP contribution < -0.4 is 4.90 Å². The number of aromatic nitrogens is 2. The van der Waals surface area contributed by atoms with Crippen molar-refractivity contribution in [3.8, 4) is 0 Å². The number of rotatable bonds is 4. The Morgan fingerprint density at radius 3 is 2.58 bits per heavy atom. The lowest BCUT2D eigenvalue weighted by atomic mass is 9.99. The maximum atomic E-state index is 13.4. The van der Waals surface area contributed by atoms with Crippen molar-refractivity contribution in [1.29, 1.82) is 0 Å². The van der Waals surface area contributed by atoms with Crippen LogP contribution in [0, 0.1) is 12.7 Å². The summed E-state index contributed by atoms with van der Waals surface area (Å²) < 4.78 is 38.2. The summed E-state index contributed by atoms with van der Waals surface area (Å²) in [4.78, 5) is 10.4. The molecular formula is C19H22FN3O2S. The Balaban J connectivity index is 1.87. The van der Waals surface area contributed by atoms with Gasteiger partial charge < -0.3 is 4.90 Å². The van der Waals surface area contributed by atoms with Gasteiger partial charge in [-0.2, -0.15) is 0 Å². The maximum absolute atomic E-state index is 13.4. The SMILES string of the molecule is Cc1cc(N2CC=C(c3cccc(F)c3)CC2)nc(S(=O)(=O)C(C)C)n1. The fourth-order valence-corrected chi connectivity index (χ4v) is 3.77. The normalized spacial score (nSPS) is 15.3. The van der Waals surface area contributed by atoms with Crippen LogP contribution in [0.15, 0.2) is 41.6 Å². The maximum Gasteiger partial charge on any atom is 0.249 e. The van der Waals surface area contributed by atoms with Gasteiger partial charge in [0.05, 0.1) is 5.25 Å². The van der Waals surface area contributed by atoms with E-state index in [2.05, 4.69) is 9.97 Å². The lowest BCUT2D eigenvalue weighted by Gasteiger charge is -2.28. The van der Waals surface area contributed by atoms with E-state index in [1.54, 1.807) is 32.9 Å². The zero-order valence-electron chi connectivity index (χ0n) is 15.1. The van der Waals surface area contributed by atoms with E-state index in [0.29, 0.717) is 24.6 Å². The summed E-state index contributed by atoms with van der Waals surface area (Å²) >= 11 is 0. The second-order valence-corrected chi connectivity index (χ2v) is 9.08. The molecule has 1 aliphatic heterocycles. The van der Waals surface area contributed by atoms with Gasteiger partial charge in [0.25, 0.3) is 0 Å². The molecular weight excluding hydrogens is 353 g/mol. The van der Waals surface area contributed by atoms with Gasteiger partial charge in [-0.15, -0.1) is 0 Å². The molecule has 2 heterocycles. The topological polar surface area (TPSA) is 63.2 Å². The zero-order chi connectivity index (χ0) is 18.9. The van der Waals surface area contributed by atoms with Crippen LogP contribution in [0.25, 0.3) is 5.57 Å². The molecule has 1 aliphatic rings. The number of aryl methyl sites for hydroxylation is 1. The smallest absolute Gasteiger partial charge is 0.249 e. The van der Waals surface area contributed by atoms with Crippen molar-refractivity contribution in [3.05, 3.63) is 53.5 Å². The van der Waals surface area contributed by atoms with Crippen LogP contribution in [0.4, 0.5) is 10.2 Å². The van der Waals surface area contributed by atoms with E-state index in [-0.39, 0.29) is 11.0 Å². The van der Waals surface area contributed by atoms with Crippen LogP contribution in [0.1, 0.15) is 31.5 Å². The molecule has 0 saturated heterocycles. The van der Waals surface area contributed by atoms with Crippen LogP contribution in [0.2, 0.25) is 0 Å². The quantitative estimate of drug-likeness (QED) is 0.767. The predicted molar refractivity (Wildman–Crippen MR) is 100 cm³/mol. The van der Waals surface area contributed by atoms with Crippen molar-refractivity contribution >= 4 is 21.2 Å². The summed E-state index contributed by atoms with van der Waals surface area (Å²) in [5, 5.41) is -0.694. The summed E-state index contributed by atoms with van der Waals surface area (Å²) in [5.41, 5.74) is 2.59. The molecule has 2 aromatic rings. The highest BCUT2D eigenvalue weighted by Crippen LogP contribution is 2.26. The first-order valence-electron chi connectivity index (χ1n) is 8.57. The van der Waals surface area contributed by atoms with Gasteiger partial charge in [0.1, 0.15) is 11.6 Å². The van der Waals surface area contributed by atoms with E-state index in [9.17, 15) is 12.8 Å². The summed E-state index contributed by atoms with van der Waals surface area (Å²) in [5.74, 6) is 0.354. The van der Waals surface area contributed by atoms with Crippen LogP contribution in [0.3, 0.4) is 0 Å². The van der Waals surface area contributed by atoms with Gasteiger partial charge in [-0.05, 0) is 50.5 Å². The second kappa shape index (κ2) is 7.15. The zero-order valence-corrected chi connectivity index (χ0v) is 15.9. The van der Waals surface area contributed by atoms with Crippen LogP contribution in [-0.2, 0) is 9.84 Å². The number of halogens is 1. The molecule has 5 nitrogen and oxygen atoms in total. The van der Waals surface area contributed by atoms with E-state index >= 15 is 0 Å². The van der Waals surface area contributed by atoms with Crippen molar-refractivity contribution in [1.82, 2.24) is 9.97 Å². The molecule has 0 unspecified atom stereocenters. The van der Waals surface area contributed by atoms with Gasteiger partial charge in [0.2, 0.25) is 15.0 Å². The Kier molecular flexibility index (Phi) is 5.09. The summed E-state index contributed by atoms with van der Waals surface area (Å²) in [7, 11) is -3.53. The molecule has 0 amide bonds. The standard InChI is InChI=1S/C19H22FN3O2S/c1-13(2)26(24,25)19-21-14(3)11-18(22-19)23-9-7-15(8-10-23)16-5-4-6-17(20)12-16/h4-7,11-13H,8-10H2,1-3H3. The van der Waals surface area contributed by atoms with Gasteiger partial charge in [-0.1, -0.05) is 18.2 Å². The minimum atomic E-state index is -3.53. The third kappa shape index (κ3) is 3.77. The van der Waals surface area contributed by atoms with E-state index in [0.717, 1.165) is 17.6 Å². The van der Waals surface area contributed by atoms with E-state index in [1.165, 1.54) is 12.1 Å². The number of benzene rings is 1. The first-order valence-corrected chi connectivity index (χ1v) is 10.1. The molecule has 1 aromatic heterocycles. The average molecular weight is 375 g/mol. The molecule has 7 heteroatoms. The highest BCUT2D eigenvalue weighted by molar-refractivity contribution is 7.91. The highest BCUT2D eigenvalue weighted by Gasteiger charge is 2.25. The van der Waals surface area contributed by atoms with Crippen molar-refractivity contribution in [2.45, 2.75) is 37.6 Å². The van der Waals surface area contributed by atoms with Crippen molar-refractivity contribution in [2.24, 2.45) is 0 Å². The molecule has 0 bridgehead atoms. The Bertz CT molecular complexity index is 955. The molecule has 26 heavy (non-hydrogen) atoms. The molecule has 0 N–H and O–H groups in total. The fraction of sp³-hybridized carbons (Fsp3) is 0.368. The van der Waals surface area contributed by atoms with Gasteiger partial charge in [-0.3, -0.25) is 0 Å². The summed E-state index contributed by atoms with van der Waals surface area (Å²) in [6.45, 7) is 6.27. The van der Waals surface area contributed by atoms with E-state index in [4.69, 9.17) is 0 Å². The summed E-state index contributed by atoms with van der Waals surface area (Å²) in [6.07, 6.45) is 2.77. The van der Waals surface area contributed by atoms with Gasteiger partial charge >= 0.3 is 0 Å². The van der Waals surface area contributed by atoms with Crippen molar-refractivity contribution < 1.29 is 12.8 Å². The molecule has 0 saturated carbocycles. The third-order valence-electron chi connectivity index (χ3n) is 4.42. The van der Waals surface area contributed by atoms with Crippen LogP contribution >= 0.6 is 0 Å². The fourth-order valence-electron chi connectivity index (χ4n) is 2.85. The predicted octanol–water partition coefficient (Wildman–Crippen LogP) is 3.40. The average Bonchev–Trinajstić information content (AvgIpc) is 2.61. The minimum absolute atomic E-state index is 0.123. The molecule has 0 fully saturated rings. The van der Waals surface area contributed by atoms with E-state index in [1.807, 2.05) is 17.0 Å². The first kappa shape index (κ1) is 18.5. The Morgan fingerprint density at radius 1 is 1.19 bits per heavy atom. The molecule has 138 valence electrons. The molecule has 0 radical (unpaired) electrons. The number of hydrogen-bond donors (Lipinski definition) is 0. The number of nitrogens with zero attached hydrogens (tertiary/aromatic N) is 3. The largest absolute Gasteiger partial charge is 0.352 e. The molecule has 3 rings (SSSR count). The second-order valence-electron chi connectivity index (χ2n) is 6.68. The Morgan fingerprint density at radius 2 is 1.96 bits per heavy atom. The first-order chi connectivity index (χ1) is 12.3. The number of anilines is 1. The van der Waals surface area contributed by atoms with E-state index < -0.39 is 15.1 Å². The Hall–Kier alpha value is -2.28. The van der Waals surface area contributed by atoms with Crippen molar-refractivity contribution in [3.63, 3.8) is 0 Å². The molecule has 0 spiro atoms.